The second kappa shape index (κ2) is 3.70. The van der Waals surface area contributed by atoms with Crippen LogP contribution < -0.4 is 0 Å². The van der Waals surface area contributed by atoms with Gasteiger partial charge in [0.1, 0.15) is 0 Å². The van der Waals surface area contributed by atoms with E-state index in [-0.39, 0.29) is 0 Å². The van der Waals surface area contributed by atoms with E-state index in [9.17, 15) is 18.3 Å². The SMILES string of the molecule is C=C[C@H]([C@H](O)C(C)(C)C)C(F)(F)F. The van der Waals surface area contributed by atoms with Gasteiger partial charge in [0, 0.05) is 0 Å². The van der Waals surface area contributed by atoms with Crippen LogP contribution in [0.2, 0.25) is 0 Å². The molecular weight excluding hydrogens is 181 g/mol. The third kappa shape index (κ3) is 3.38. The van der Waals surface area contributed by atoms with Crippen molar-refractivity contribution in [1.82, 2.24) is 0 Å². The molecular formula is C9H15F3O. The smallest absolute Gasteiger partial charge is 0.392 e. The van der Waals surface area contributed by atoms with E-state index in [4.69, 9.17) is 0 Å². The Hall–Kier alpha value is -0.510. The Kier molecular flexibility index (Phi) is 3.55. The molecule has 0 radical (unpaired) electrons. The highest BCUT2D eigenvalue weighted by atomic mass is 19.4. The van der Waals surface area contributed by atoms with Crippen molar-refractivity contribution in [2.24, 2.45) is 11.3 Å². The van der Waals surface area contributed by atoms with Crippen LogP contribution in [0.4, 0.5) is 13.2 Å². The molecule has 0 amide bonds. The number of rotatable bonds is 2. The van der Waals surface area contributed by atoms with Gasteiger partial charge in [0.2, 0.25) is 0 Å². The summed E-state index contributed by atoms with van der Waals surface area (Å²) in [6, 6.07) is 0. The Morgan fingerprint density at radius 3 is 1.69 bits per heavy atom. The predicted molar refractivity (Wildman–Crippen MR) is 45.2 cm³/mol. The van der Waals surface area contributed by atoms with Crippen molar-refractivity contribution in [3.8, 4) is 0 Å². The third-order valence-corrected chi connectivity index (χ3v) is 1.86. The van der Waals surface area contributed by atoms with Crippen LogP contribution in [0.25, 0.3) is 0 Å². The lowest BCUT2D eigenvalue weighted by Gasteiger charge is -2.32. The number of hydrogen-bond acceptors (Lipinski definition) is 1. The van der Waals surface area contributed by atoms with E-state index in [0.717, 1.165) is 6.08 Å². The molecule has 13 heavy (non-hydrogen) atoms. The maximum atomic E-state index is 12.3. The van der Waals surface area contributed by atoms with Crippen LogP contribution in [0.5, 0.6) is 0 Å². The van der Waals surface area contributed by atoms with E-state index in [2.05, 4.69) is 6.58 Å². The molecule has 0 saturated heterocycles. The summed E-state index contributed by atoms with van der Waals surface area (Å²) in [6.45, 7) is 7.75. The molecule has 1 nitrogen and oxygen atoms in total. The monoisotopic (exact) mass is 196 g/mol. The molecule has 0 spiro atoms. The number of aliphatic hydroxyl groups excluding tert-OH is 1. The van der Waals surface area contributed by atoms with Gasteiger partial charge in [-0.25, -0.2) is 0 Å². The minimum absolute atomic E-state index is 0.746. The largest absolute Gasteiger partial charge is 0.397 e. The van der Waals surface area contributed by atoms with E-state index >= 15 is 0 Å². The highest BCUT2D eigenvalue weighted by molar-refractivity contribution is 4.94. The maximum absolute atomic E-state index is 12.3. The highest BCUT2D eigenvalue weighted by Crippen LogP contribution is 2.36. The number of aliphatic hydroxyl groups is 1. The number of halogens is 3. The van der Waals surface area contributed by atoms with Gasteiger partial charge in [-0.3, -0.25) is 0 Å². The molecule has 0 aliphatic rings. The van der Waals surface area contributed by atoms with Gasteiger partial charge in [0.25, 0.3) is 0 Å². The fourth-order valence-electron chi connectivity index (χ4n) is 0.980. The van der Waals surface area contributed by atoms with Crippen molar-refractivity contribution >= 4 is 0 Å². The van der Waals surface area contributed by atoms with Gasteiger partial charge < -0.3 is 5.11 Å². The second-order valence-electron chi connectivity index (χ2n) is 4.11. The normalized spacial score (nSPS) is 18.1. The molecule has 0 bridgehead atoms. The van der Waals surface area contributed by atoms with E-state index in [1.165, 1.54) is 0 Å². The molecule has 0 rings (SSSR count). The molecule has 0 unspecified atom stereocenters. The van der Waals surface area contributed by atoms with Gasteiger partial charge in [-0.15, -0.1) is 6.58 Å². The van der Waals surface area contributed by atoms with Crippen LogP contribution in [0.3, 0.4) is 0 Å². The Bertz CT molecular complexity index is 178. The summed E-state index contributed by atoms with van der Waals surface area (Å²) in [6.07, 6.45) is -5.13. The molecule has 4 heteroatoms. The third-order valence-electron chi connectivity index (χ3n) is 1.86. The number of alkyl halides is 3. The van der Waals surface area contributed by atoms with Crippen molar-refractivity contribution in [2.75, 3.05) is 0 Å². The lowest BCUT2D eigenvalue weighted by atomic mass is 9.81. The summed E-state index contributed by atoms with van der Waals surface area (Å²) in [5.41, 5.74) is -0.797. The molecule has 78 valence electrons. The molecule has 0 heterocycles. The highest BCUT2D eigenvalue weighted by Gasteiger charge is 2.45. The topological polar surface area (TPSA) is 20.2 Å². The first-order valence-electron chi connectivity index (χ1n) is 3.98. The zero-order valence-corrected chi connectivity index (χ0v) is 8.02. The molecule has 2 atom stereocenters. The summed E-state index contributed by atoms with van der Waals surface area (Å²) in [5, 5.41) is 9.39. The molecule has 0 aliphatic carbocycles. The zero-order chi connectivity index (χ0) is 10.9. The van der Waals surface area contributed by atoms with E-state index < -0.39 is 23.6 Å². The van der Waals surface area contributed by atoms with Crippen molar-refractivity contribution < 1.29 is 18.3 Å². The first-order chi connectivity index (χ1) is 5.60. The van der Waals surface area contributed by atoms with Gasteiger partial charge in [-0.1, -0.05) is 26.8 Å². The van der Waals surface area contributed by atoms with Gasteiger partial charge in [0.15, 0.2) is 0 Å². The quantitative estimate of drug-likeness (QED) is 0.673. The van der Waals surface area contributed by atoms with Gasteiger partial charge >= 0.3 is 6.18 Å². The van der Waals surface area contributed by atoms with Crippen LogP contribution in [0, 0.1) is 11.3 Å². The van der Waals surface area contributed by atoms with Crippen LogP contribution in [-0.4, -0.2) is 17.4 Å². The van der Waals surface area contributed by atoms with Crippen molar-refractivity contribution in [3.63, 3.8) is 0 Å². The first kappa shape index (κ1) is 12.5. The molecule has 0 saturated carbocycles. The maximum Gasteiger partial charge on any atom is 0.397 e. The Labute approximate surface area is 76.3 Å². The van der Waals surface area contributed by atoms with Crippen LogP contribution >= 0.6 is 0 Å². The molecule has 1 N–H and O–H groups in total. The lowest BCUT2D eigenvalue weighted by molar-refractivity contribution is -0.197. The fraction of sp³-hybridized carbons (Fsp3) is 0.778. The standard InChI is InChI=1S/C9H15F3O/c1-5-6(9(10,11)12)7(13)8(2,3)4/h5-7,13H,1H2,2-4H3/t6-,7+/m1/s1. The summed E-state index contributed by atoms with van der Waals surface area (Å²) in [7, 11) is 0. The Morgan fingerprint density at radius 2 is 1.62 bits per heavy atom. The fourth-order valence-corrected chi connectivity index (χ4v) is 0.980. The zero-order valence-electron chi connectivity index (χ0n) is 8.02. The average molecular weight is 196 g/mol. The van der Waals surface area contributed by atoms with Gasteiger partial charge in [0.05, 0.1) is 12.0 Å². The minimum Gasteiger partial charge on any atom is -0.392 e. The molecule has 0 fully saturated rings. The van der Waals surface area contributed by atoms with Crippen molar-refractivity contribution in [1.29, 1.82) is 0 Å². The van der Waals surface area contributed by atoms with Crippen LogP contribution in [0.15, 0.2) is 12.7 Å². The summed E-state index contributed by atoms with van der Waals surface area (Å²) in [4.78, 5) is 0. The van der Waals surface area contributed by atoms with Gasteiger partial charge in [-0.2, -0.15) is 13.2 Å². The average Bonchev–Trinajstić information content (AvgIpc) is 1.83. The number of hydrogen-bond donors (Lipinski definition) is 1. The minimum atomic E-state index is -4.42. The Morgan fingerprint density at radius 1 is 1.23 bits per heavy atom. The summed E-state index contributed by atoms with van der Waals surface area (Å²) >= 11 is 0. The van der Waals surface area contributed by atoms with Crippen LogP contribution in [0.1, 0.15) is 20.8 Å². The van der Waals surface area contributed by atoms with Crippen LogP contribution in [-0.2, 0) is 0 Å². The van der Waals surface area contributed by atoms with E-state index in [0.29, 0.717) is 0 Å². The first-order valence-corrected chi connectivity index (χ1v) is 3.98. The van der Waals surface area contributed by atoms with Gasteiger partial charge in [-0.05, 0) is 5.41 Å². The Balaban J connectivity index is 4.71. The predicted octanol–water partition coefficient (Wildman–Crippen LogP) is 2.76. The van der Waals surface area contributed by atoms with E-state index in [1.807, 2.05) is 0 Å². The molecule has 0 aromatic carbocycles. The van der Waals surface area contributed by atoms with Crippen molar-refractivity contribution in [2.45, 2.75) is 33.1 Å². The summed E-state index contributed by atoms with van der Waals surface area (Å²) in [5.74, 6) is -1.85. The molecule has 0 aromatic rings. The second-order valence-corrected chi connectivity index (χ2v) is 4.11. The van der Waals surface area contributed by atoms with E-state index in [1.54, 1.807) is 20.8 Å². The molecule has 0 aromatic heterocycles. The molecule has 0 aliphatic heterocycles. The lowest BCUT2D eigenvalue weighted by Crippen LogP contribution is -2.40. The van der Waals surface area contributed by atoms with Crippen molar-refractivity contribution in [3.05, 3.63) is 12.7 Å². The summed E-state index contributed by atoms with van der Waals surface area (Å²) < 4.78 is 36.8.